The van der Waals surface area contributed by atoms with Crippen molar-refractivity contribution in [1.82, 2.24) is 15.1 Å². The van der Waals surface area contributed by atoms with E-state index in [9.17, 15) is 0 Å². The molecule has 122 valence electrons. The highest BCUT2D eigenvalue weighted by Gasteiger charge is 2.10. The number of nitrogens with zero attached hydrogens (tertiary/aromatic N) is 2. The number of hydrogen-bond acceptors (Lipinski definition) is 4. The second kappa shape index (κ2) is 8.78. The Hall–Kier alpha value is -1.56. The van der Waals surface area contributed by atoms with Crippen molar-refractivity contribution in [2.24, 2.45) is 5.73 Å². The Balaban J connectivity index is 0.00000242. The molecule has 0 saturated carbocycles. The Morgan fingerprint density at radius 2 is 1.91 bits per heavy atom. The fourth-order valence-corrected chi connectivity index (χ4v) is 2.21. The van der Waals surface area contributed by atoms with Gasteiger partial charge in [-0.15, -0.1) is 12.4 Å². The lowest BCUT2D eigenvalue weighted by Gasteiger charge is -2.15. The molecule has 1 atom stereocenters. The molecular formula is C16H25ClN4O. The molecule has 2 aromatic rings. The standard InChI is InChI=1S/C16H24N4O.ClH/c1-12(2)21-16-6-4-14(5-7-16)20-15(8-9-19-20)10-13(11-17)18-3;/h4-9,12-13,18H,10-11,17H2,1-3H3;1H. The van der Waals surface area contributed by atoms with Crippen LogP contribution in [0.3, 0.4) is 0 Å². The molecule has 1 heterocycles. The van der Waals surface area contributed by atoms with Crippen molar-refractivity contribution in [2.45, 2.75) is 32.4 Å². The Morgan fingerprint density at radius 1 is 1.23 bits per heavy atom. The van der Waals surface area contributed by atoms with Gasteiger partial charge in [-0.1, -0.05) is 0 Å². The third kappa shape index (κ3) is 4.73. The number of halogens is 1. The zero-order chi connectivity index (χ0) is 15.2. The third-order valence-electron chi connectivity index (χ3n) is 3.32. The molecular weight excluding hydrogens is 300 g/mol. The van der Waals surface area contributed by atoms with Gasteiger partial charge in [0.2, 0.25) is 0 Å². The van der Waals surface area contributed by atoms with Crippen LogP contribution in [0.2, 0.25) is 0 Å². The summed E-state index contributed by atoms with van der Waals surface area (Å²) in [5.41, 5.74) is 7.91. The lowest BCUT2D eigenvalue weighted by Crippen LogP contribution is -2.35. The molecule has 3 N–H and O–H groups in total. The summed E-state index contributed by atoms with van der Waals surface area (Å²) in [5, 5.41) is 7.62. The highest BCUT2D eigenvalue weighted by molar-refractivity contribution is 5.85. The molecule has 6 heteroatoms. The van der Waals surface area contributed by atoms with E-state index in [0.29, 0.717) is 6.54 Å². The Morgan fingerprint density at radius 3 is 2.45 bits per heavy atom. The average Bonchev–Trinajstić information content (AvgIpc) is 2.93. The van der Waals surface area contributed by atoms with E-state index < -0.39 is 0 Å². The zero-order valence-electron chi connectivity index (χ0n) is 13.3. The number of rotatable bonds is 7. The number of aromatic nitrogens is 2. The molecule has 1 unspecified atom stereocenters. The van der Waals surface area contributed by atoms with E-state index in [0.717, 1.165) is 23.6 Å². The van der Waals surface area contributed by atoms with Gasteiger partial charge in [0.25, 0.3) is 0 Å². The molecule has 0 spiro atoms. The van der Waals surface area contributed by atoms with Crippen LogP contribution in [-0.4, -0.2) is 35.5 Å². The maximum absolute atomic E-state index is 5.75. The van der Waals surface area contributed by atoms with Crippen LogP contribution in [0.15, 0.2) is 36.5 Å². The van der Waals surface area contributed by atoms with Gasteiger partial charge in [-0.3, -0.25) is 0 Å². The van der Waals surface area contributed by atoms with Gasteiger partial charge in [-0.05, 0) is 51.2 Å². The van der Waals surface area contributed by atoms with Gasteiger partial charge in [0.05, 0.1) is 11.8 Å². The van der Waals surface area contributed by atoms with E-state index in [-0.39, 0.29) is 24.6 Å². The molecule has 0 aliphatic rings. The highest BCUT2D eigenvalue weighted by Crippen LogP contribution is 2.18. The topological polar surface area (TPSA) is 65.1 Å². The average molecular weight is 325 g/mol. The van der Waals surface area contributed by atoms with E-state index in [2.05, 4.69) is 10.4 Å². The van der Waals surface area contributed by atoms with Crippen LogP contribution >= 0.6 is 12.4 Å². The van der Waals surface area contributed by atoms with Crippen LogP contribution in [0.25, 0.3) is 5.69 Å². The normalized spacial score (nSPS) is 12.0. The summed E-state index contributed by atoms with van der Waals surface area (Å²) in [5.74, 6) is 0.873. The van der Waals surface area contributed by atoms with E-state index >= 15 is 0 Å². The van der Waals surface area contributed by atoms with Crippen molar-refractivity contribution in [2.75, 3.05) is 13.6 Å². The molecule has 22 heavy (non-hydrogen) atoms. The monoisotopic (exact) mass is 324 g/mol. The minimum atomic E-state index is 0. The van der Waals surface area contributed by atoms with Crippen molar-refractivity contribution in [3.05, 3.63) is 42.2 Å². The van der Waals surface area contributed by atoms with Crippen molar-refractivity contribution < 1.29 is 4.74 Å². The van der Waals surface area contributed by atoms with Gasteiger partial charge >= 0.3 is 0 Å². The number of likely N-dealkylation sites (N-methyl/N-ethyl adjacent to an activating group) is 1. The van der Waals surface area contributed by atoms with Gasteiger partial charge in [0.15, 0.2) is 0 Å². The second-order valence-corrected chi connectivity index (χ2v) is 5.32. The lowest BCUT2D eigenvalue weighted by molar-refractivity contribution is 0.242. The van der Waals surface area contributed by atoms with E-state index in [1.165, 1.54) is 0 Å². The van der Waals surface area contributed by atoms with Gasteiger partial charge < -0.3 is 15.8 Å². The maximum atomic E-state index is 5.75. The molecule has 1 aromatic heterocycles. The lowest BCUT2D eigenvalue weighted by atomic mass is 10.1. The second-order valence-electron chi connectivity index (χ2n) is 5.32. The minimum absolute atomic E-state index is 0. The maximum Gasteiger partial charge on any atom is 0.119 e. The van der Waals surface area contributed by atoms with Crippen LogP contribution in [0.1, 0.15) is 19.5 Å². The van der Waals surface area contributed by atoms with Crippen LogP contribution < -0.4 is 15.8 Å². The van der Waals surface area contributed by atoms with Crippen LogP contribution in [0, 0.1) is 0 Å². The predicted octanol–water partition coefficient (Wildman–Crippen LogP) is 2.17. The summed E-state index contributed by atoms with van der Waals surface area (Å²) < 4.78 is 7.60. The molecule has 0 bridgehead atoms. The van der Waals surface area contributed by atoms with Crippen molar-refractivity contribution >= 4 is 12.4 Å². The fourth-order valence-electron chi connectivity index (χ4n) is 2.21. The largest absolute Gasteiger partial charge is 0.491 e. The fraction of sp³-hybridized carbons (Fsp3) is 0.438. The number of ether oxygens (including phenoxy) is 1. The first-order valence-corrected chi connectivity index (χ1v) is 7.31. The molecule has 2 rings (SSSR count). The first kappa shape index (κ1) is 18.5. The third-order valence-corrected chi connectivity index (χ3v) is 3.32. The first-order valence-electron chi connectivity index (χ1n) is 7.31. The minimum Gasteiger partial charge on any atom is -0.491 e. The van der Waals surface area contributed by atoms with Crippen LogP contribution in [0.5, 0.6) is 5.75 Å². The van der Waals surface area contributed by atoms with Crippen LogP contribution in [0.4, 0.5) is 0 Å². The summed E-state index contributed by atoms with van der Waals surface area (Å²) in [4.78, 5) is 0. The molecule has 0 aliphatic carbocycles. The summed E-state index contributed by atoms with van der Waals surface area (Å²) in [7, 11) is 1.93. The first-order chi connectivity index (χ1) is 10.1. The molecule has 0 amide bonds. The Labute approximate surface area is 138 Å². The summed E-state index contributed by atoms with van der Waals surface area (Å²) in [6.45, 7) is 4.64. The number of benzene rings is 1. The Kier molecular flexibility index (Phi) is 7.38. The highest BCUT2D eigenvalue weighted by atomic mass is 35.5. The molecule has 0 radical (unpaired) electrons. The van der Waals surface area contributed by atoms with E-state index in [1.807, 2.05) is 62.1 Å². The molecule has 1 aromatic carbocycles. The predicted molar refractivity (Wildman–Crippen MR) is 92.2 cm³/mol. The van der Waals surface area contributed by atoms with Crippen molar-refractivity contribution in [1.29, 1.82) is 0 Å². The smallest absolute Gasteiger partial charge is 0.119 e. The van der Waals surface area contributed by atoms with Crippen molar-refractivity contribution in [3.63, 3.8) is 0 Å². The summed E-state index contributed by atoms with van der Waals surface area (Å²) in [6.07, 6.45) is 2.84. The van der Waals surface area contributed by atoms with Gasteiger partial charge in [-0.25, -0.2) is 4.68 Å². The number of nitrogens with two attached hydrogens (primary N) is 1. The molecule has 5 nitrogen and oxygen atoms in total. The van der Waals surface area contributed by atoms with E-state index in [1.54, 1.807) is 0 Å². The zero-order valence-corrected chi connectivity index (χ0v) is 14.1. The number of nitrogens with one attached hydrogen (secondary N) is 1. The quantitative estimate of drug-likeness (QED) is 0.819. The molecule has 0 saturated heterocycles. The molecule has 0 fully saturated rings. The van der Waals surface area contributed by atoms with Gasteiger partial charge in [0, 0.05) is 30.9 Å². The van der Waals surface area contributed by atoms with Crippen LogP contribution in [-0.2, 0) is 6.42 Å². The Bertz CT molecular complexity index is 550. The van der Waals surface area contributed by atoms with E-state index in [4.69, 9.17) is 10.5 Å². The summed E-state index contributed by atoms with van der Waals surface area (Å²) in [6, 6.07) is 10.3. The SMILES string of the molecule is CNC(CN)Cc1ccnn1-c1ccc(OC(C)C)cc1.Cl. The summed E-state index contributed by atoms with van der Waals surface area (Å²) >= 11 is 0. The van der Waals surface area contributed by atoms with Gasteiger partial charge in [0.1, 0.15) is 5.75 Å². The molecule has 0 aliphatic heterocycles. The van der Waals surface area contributed by atoms with Gasteiger partial charge in [-0.2, -0.15) is 5.10 Å². The number of hydrogen-bond donors (Lipinski definition) is 2. The van der Waals surface area contributed by atoms with Crippen molar-refractivity contribution in [3.8, 4) is 11.4 Å².